The van der Waals surface area contributed by atoms with Gasteiger partial charge in [0.25, 0.3) is 5.92 Å². The molecule has 1 aromatic heterocycles. The zero-order valence-corrected chi connectivity index (χ0v) is 18.1. The van der Waals surface area contributed by atoms with Gasteiger partial charge in [0, 0.05) is 57.5 Å². The Kier molecular flexibility index (Phi) is 7.52. The number of amides is 2. The van der Waals surface area contributed by atoms with Crippen molar-refractivity contribution in [2.45, 2.75) is 56.8 Å². The second kappa shape index (κ2) is 9.84. The Hall–Kier alpha value is -2.41. The standard InChI is InChI=1S/C20H26F5N5O3/c1-33-7-4-15-27-14-10-29(6-3-13(14)18(28-15)20(23,24)25)17(32)8-12(26)9-30-11-19(21,22)5-2-16(30)31/h12H,2-11,26H2,1H3/t12-/m0/s1. The molecular formula is C20H26F5N5O3. The molecule has 13 heteroatoms. The molecule has 0 aromatic carbocycles. The predicted molar refractivity (Wildman–Crippen MR) is 105 cm³/mol. The molecule has 33 heavy (non-hydrogen) atoms. The quantitative estimate of drug-likeness (QED) is 0.596. The van der Waals surface area contributed by atoms with Gasteiger partial charge in [0.15, 0.2) is 5.69 Å². The van der Waals surface area contributed by atoms with E-state index < -0.39 is 48.6 Å². The second-order valence-electron chi connectivity index (χ2n) is 8.31. The minimum atomic E-state index is -4.66. The van der Waals surface area contributed by atoms with Crippen molar-refractivity contribution in [1.82, 2.24) is 19.8 Å². The summed E-state index contributed by atoms with van der Waals surface area (Å²) in [6.07, 6.45) is -5.70. The van der Waals surface area contributed by atoms with E-state index in [1.165, 1.54) is 12.0 Å². The Morgan fingerprint density at radius 3 is 2.67 bits per heavy atom. The first-order valence-corrected chi connectivity index (χ1v) is 10.5. The van der Waals surface area contributed by atoms with Crippen molar-refractivity contribution in [3.8, 4) is 0 Å². The lowest BCUT2D eigenvalue weighted by Crippen LogP contribution is -2.51. The zero-order valence-electron chi connectivity index (χ0n) is 18.1. The van der Waals surface area contributed by atoms with Crippen LogP contribution >= 0.6 is 0 Å². The van der Waals surface area contributed by atoms with E-state index in [2.05, 4.69) is 9.97 Å². The number of rotatable bonds is 7. The zero-order chi connectivity index (χ0) is 24.4. The fourth-order valence-electron chi connectivity index (χ4n) is 4.00. The summed E-state index contributed by atoms with van der Waals surface area (Å²) in [6.45, 7) is -0.934. The topological polar surface area (TPSA) is 102 Å². The first-order chi connectivity index (χ1) is 15.4. The van der Waals surface area contributed by atoms with Crippen LogP contribution in [0.2, 0.25) is 0 Å². The number of carbonyl (C=O) groups excluding carboxylic acids is 2. The SMILES string of the molecule is COCCc1nc2c(c(C(F)(F)F)n1)CCN(C(=O)C[C@H](N)CN1CC(F)(F)CCC1=O)C2. The fourth-order valence-corrected chi connectivity index (χ4v) is 4.00. The highest BCUT2D eigenvalue weighted by molar-refractivity contribution is 5.78. The maximum Gasteiger partial charge on any atom is 0.433 e. The smallest absolute Gasteiger partial charge is 0.384 e. The molecule has 184 valence electrons. The van der Waals surface area contributed by atoms with Crippen molar-refractivity contribution in [3.63, 3.8) is 0 Å². The molecule has 3 heterocycles. The maximum atomic E-state index is 13.6. The summed E-state index contributed by atoms with van der Waals surface area (Å²) in [7, 11) is 1.41. The van der Waals surface area contributed by atoms with Gasteiger partial charge in [-0.1, -0.05) is 0 Å². The summed E-state index contributed by atoms with van der Waals surface area (Å²) in [4.78, 5) is 34.8. The summed E-state index contributed by atoms with van der Waals surface area (Å²) in [6, 6.07) is -0.884. The number of aromatic nitrogens is 2. The Labute approximate surface area is 187 Å². The molecule has 2 aliphatic rings. The summed E-state index contributed by atoms with van der Waals surface area (Å²) < 4.78 is 72.6. The Balaban J connectivity index is 1.68. The van der Waals surface area contributed by atoms with E-state index in [-0.39, 0.29) is 69.0 Å². The third-order valence-electron chi connectivity index (χ3n) is 5.63. The molecule has 0 bridgehead atoms. The lowest BCUT2D eigenvalue weighted by atomic mass is 10.0. The van der Waals surface area contributed by atoms with Crippen molar-refractivity contribution in [3.05, 3.63) is 22.8 Å². The van der Waals surface area contributed by atoms with Crippen LogP contribution in [0.1, 0.15) is 42.0 Å². The third kappa shape index (κ3) is 6.34. The van der Waals surface area contributed by atoms with E-state index in [1.54, 1.807) is 0 Å². The average Bonchev–Trinajstić information content (AvgIpc) is 2.72. The summed E-state index contributed by atoms with van der Waals surface area (Å²) in [5.74, 6) is -3.92. The number of likely N-dealkylation sites (tertiary alicyclic amines) is 1. The Morgan fingerprint density at radius 1 is 1.27 bits per heavy atom. The third-order valence-corrected chi connectivity index (χ3v) is 5.63. The molecular weight excluding hydrogens is 453 g/mol. The fraction of sp³-hybridized carbons (Fsp3) is 0.700. The molecule has 3 rings (SSSR count). The number of carbonyl (C=O) groups is 2. The van der Waals surface area contributed by atoms with Crippen molar-refractivity contribution in [2.24, 2.45) is 5.73 Å². The van der Waals surface area contributed by atoms with Gasteiger partial charge in [-0.05, 0) is 6.42 Å². The first kappa shape index (κ1) is 25.2. The number of nitrogens with two attached hydrogens (primary N) is 1. The minimum absolute atomic E-state index is 0.0170. The lowest BCUT2D eigenvalue weighted by molar-refractivity contribution is -0.148. The summed E-state index contributed by atoms with van der Waals surface area (Å²) in [5.41, 5.74) is 5.01. The number of alkyl halides is 5. The van der Waals surface area contributed by atoms with E-state index >= 15 is 0 Å². The van der Waals surface area contributed by atoms with Crippen molar-refractivity contribution in [1.29, 1.82) is 0 Å². The van der Waals surface area contributed by atoms with Crippen LogP contribution in [0, 0.1) is 0 Å². The Morgan fingerprint density at radius 2 is 2.00 bits per heavy atom. The monoisotopic (exact) mass is 479 g/mol. The number of hydrogen-bond acceptors (Lipinski definition) is 6. The van der Waals surface area contributed by atoms with E-state index in [0.717, 1.165) is 4.90 Å². The van der Waals surface area contributed by atoms with Crippen LogP contribution in [0.3, 0.4) is 0 Å². The van der Waals surface area contributed by atoms with Gasteiger partial charge >= 0.3 is 6.18 Å². The van der Waals surface area contributed by atoms with Crippen molar-refractivity contribution < 1.29 is 36.3 Å². The highest BCUT2D eigenvalue weighted by Crippen LogP contribution is 2.34. The molecule has 1 atom stereocenters. The van der Waals surface area contributed by atoms with E-state index in [0.29, 0.717) is 0 Å². The molecule has 2 amide bonds. The van der Waals surface area contributed by atoms with E-state index in [9.17, 15) is 31.5 Å². The van der Waals surface area contributed by atoms with Crippen LogP contribution in [-0.4, -0.2) is 76.9 Å². The molecule has 0 spiro atoms. The van der Waals surface area contributed by atoms with Gasteiger partial charge < -0.3 is 20.3 Å². The molecule has 8 nitrogen and oxygen atoms in total. The highest BCUT2D eigenvalue weighted by atomic mass is 19.4. The van der Waals surface area contributed by atoms with Gasteiger partial charge in [-0.25, -0.2) is 18.7 Å². The van der Waals surface area contributed by atoms with Crippen LogP contribution in [0.25, 0.3) is 0 Å². The Bertz CT molecular complexity index is 896. The molecule has 2 N–H and O–H groups in total. The molecule has 0 unspecified atom stereocenters. The number of piperidine rings is 1. The number of halogens is 5. The first-order valence-electron chi connectivity index (χ1n) is 10.5. The lowest BCUT2D eigenvalue weighted by Gasteiger charge is -2.34. The second-order valence-corrected chi connectivity index (χ2v) is 8.31. The summed E-state index contributed by atoms with van der Waals surface area (Å²) >= 11 is 0. The van der Waals surface area contributed by atoms with Crippen LogP contribution in [0.5, 0.6) is 0 Å². The minimum Gasteiger partial charge on any atom is -0.384 e. The van der Waals surface area contributed by atoms with E-state index in [4.69, 9.17) is 10.5 Å². The number of nitrogens with zero attached hydrogens (tertiary/aromatic N) is 4. The van der Waals surface area contributed by atoms with Crippen molar-refractivity contribution in [2.75, 3.05) is 33.4 Å². The number of hydrogen-bond donors (Lipinski definition) is 1. The van der Waals surface area contributed by atoms with Crippen LogP contribution in [0.4, 0.5) is 22.0 Å². The van der Waals surface area contributed by atoms with Crippen LogP contribution < -0.4 is 5.73 Å². The molecule has 0 radical (unpaired) electrons. The van der Waals surface area contributed by atoms with E-state index in [1.807, 2.05) is 0 Å². The molecule has 0 aliphatic carbocycles. The van der Waals surface area contributed by atoms with Crippen LogP contribution in [0.15, 0.2) is 0 Å². The average molecular weight is 479 g/mol. The summed E-state index contributed by atoms with van der Waals surface area (Å²) in [5, 5.41) is 0. The van der Waals surface area contributed by atoms with Gasteiger partial charge in [-0.3, -0.25) is 9.59 Å². The van der Waals surface area contributed by atoms with Gasteiger partial charge in [0.2, 0.25) is 11.8 Å². The molecule has 1 fully saturated rings. The molecule has 0 saturated carbocycles. The van der Waals surface area contributed by atoms with Crippen LogP contribution in [-0.2, 0) is 39.9 Å². The van der Waals surface area contributed by atoms with Crippen molar-refractivity contribution >= 4 is 11.8 Å². The molecule has 1 aromatic rings. The maximum absolute atomic E-state index is 13.6. The molecule has 1 saturated heterocycles. The molecule has 2 aliphatic heterocycles. The van der Waals surface area contributed by atoms with Gasteiger partial charge in [0.05, 0.1) is 25.4 Å². The predicted octanol–water partition coefficient (Wildman–Crippen LogP) is 1.54. The van der Waals surface area contributed by atoms with Gasteiger partial charge in [-0.15, -0.1) is 0 Å². The number of fused-ring (bicyclic) bond motifs is 1. The van der Waals surface area contributed by atoms with Gasteiger partial charge in [-0.2, -0.15) is 13.2 Å². The highest BCUT2D eigenvalue weighted by Gasteiger charge is 2.41. The number of methoxy groups -OCH3 is 1. The van der Waals surface area contributed by atoms with Gasteiger partial charge in [0.1, 0.15) is 5.82 Å². The normalized spacial score (nSPS) is 19.4. The number of ether oxygens (including phenoxy) is 1. The largest absolute Gasteiger partial charge is 0.433 e.